The smallest absolute Gasteiger partial charge is 0.446 e. The summed E-state index contributed by atoms with van der Waals surface area (Å²) in [5, 5.41) is 9.93. The third-order valence-corrected chi connectivity index (χ3v) is 5.55. The number of carbonyl (C=O) groups excluding carboxylic acids is 2. The lowest BCUT2D eigenvalue weighted by molar-refractivity contribution is -0.120. The first-order valence-electron chi connectivity index (χ1n) is 8.35. The monoisotopic (exact) mass is 469 g/mol. The molecule has 2 fully saturated rings. The van der Waals surface area contributed by atoms with Crippen molar-refractivity contribution in [2.24, 2.45) is 0 Å². The van der Waals surface area contributed by atoms with E-state index in [1.807, 2.05) is 0 Å². The van der Waals surface area contributed by atoms with Crippen molar-refractivity contribution >= 4 is 29.4 Å². The average Bonchev–Trinajstić information content (AvgIpc) is 3.39. The van der Waals surface area contributed by atoms with Crippen LogP contribution in [0.3, 0.4) is 0 Å². The van der Waals surface area contributed by atoms with Crippen LogP contribution in [0.2, 0.25) is 0 Å². The van der Waals surface area contributed by atoms with E-state index in [1.165, 1.54) is 41.6 Å². The molecular formula is C18H17F6N3O3S. The minimum Gasteiger partial charge on any atom is -0.506 e. The summed E-state index contributed by atoms with van der Waals surface area (Å²) < 4.78 is 37.4. The van der Waals surface area contributed by atoms with Crippen molar-refractivity contribution in [2.45, 2.75) is 35.3 Å². The number of aromatic nitrogens is 1. The normalized spacial score (nSPS) is 16.5. The molecule has 0 bridgehead atoms. The van der Waals surface area contributed by atoms with Gasteiger partial charge in [-0.3, -0.25) is 23.9 Å². The van der Waals surface area contributed by atoms with Gasteiger partial charge in [-0.1, -0.05) is 0 Å². The lowest BCUT2D eigenvalue weighted by atomic mass is 10.2. The quantitative estimate of drug-likeness (QED) is 0.409. The number of urea groups is 1. The van der Waals surface area contributed by atoms with Crippen molar-refractivity contribution in [3.8, 4) is 5.75 Å². The molecule has 1 aliphatic heterocycles. The lowest BCUT2D eigenvalue weighted by Gasteiger charge is -2.21. The number of benzene rings is 1. The summed E-state index contributed by atoms with van der Waals surface area (Å²) in [6.45, 7) is 0.0391. The average molecular weight is 469 g/mol. The van der Waals surface area contributed by atoms with Crippen molar-refractivity contribution in [1.29, 1.82) is 0 Å². The highest BCUT2D eigenvalue weighted by molar-refractivity contribution is 8.00. The summed E-state index contributed by atoms with van der Waals surface area (Å²) in [5.74, 6) is -0.479. The second kappa shape index (κ2) is 9.04. The largest absolute Gasteiger partial charge is 0.506 e. The molecule has 13 heteroatoms. The van der Waals surface area contributed by atoms with Crippen LogP contribution in [-0.2, 0) is 11.3 Å². The van der Waals surface area contributed by atoms with Gasteiger partial charge in [-0.25, -0.2) is 9.69 Å². The molecule has 1 saturated carbocycles. The summed E-state index contributed by atoms with van der Waals surface area (Å²) in [5.41, 5.74) is -4.69. The number of carbonyl (C=O) groups is 2. The number of imide groups is 1. The number of anilines is 1. The fraction of sp³-hybridized carbons (Fsp3) is 0.278. The summed E-state index contributed by atoms with van der Waals surface area (Å²) in [7, 11) is 0. The van der Waals surface area contributed by atoms with Crippen LogP contribution in [0.25, 0.3) is 0 Å². The molecule has 170 valence electrons. The second-order valence-electron chi connectivity index (χ2n) is 6.59. The van der Waals surface area contributed by atoms with Gasteiger partial charge in [0.25, 0.3) is 5.91 Å². The maximum absolute atomic E-state index is 12.9. The molecule has 4 rings (SSSR count). The number of amides is 3. The number of alkyl halides is 3. The second-order valence-corrected chi connectivity index (χ2v) is 7.73. The van der Waals surface area contributed by atoms with Gasteiger partial charge < -0.3 is 10.0 Å². The van der Waals surface area contributed by atoms with Gasteiger partial charge in [-0.2, -0.15) is 13.2 Å². The van der Waals surface area contributed by atoms with Crippen molar-refractivity contribution < 1.29 is 42.0 Å². The number of thioether (sulfide) groups is 1. The van der Waals surface area contributed by atoms with Crippen molar-refractivity contribution in [3.05, 3.63) is 48.3 Å². The third-order valence-electron chi connectivity index (χ3n) is 4.81. The Morgan fingerprint density at radius 2 is 1.68 bits per heavy atom. The number of hydrogen-bond acceptors (Lipinski definition) is 5. The fourth-order valence-electron chi connectivity index (χ4n) is 3.28. The summed E-state index contributed by atoms with van der Waals surface area (Å²) in [4.78, 5) is 32.0. The predicted octanol–water partition coefficient (Wildman–Crippen LogP) is 4.36. The Morgan fingerprint density at radius 3 is 2.19 bits per heavy atom. The highest BCUT2D eigenvalue weighted by Gasteiger charge is 2.65. The molecule has 1 N–H and O–H groups in total. The molecule has 1 aromatic heterocycles. The number of pyridine rings is 1. The molecule has 1 aromatic carbocycles. The van der Waals surface area contributed by atoms with Crippen LogP contribution in [0.15, 0.2) is 47.6 Å². The van der Waals surface area contributed by atoms with E-state index in [-0.39, 0.29) is 48.8 Å². The zero-order chi connectivity index (χ0) is 20.1. The summed E-state index contributed by atoms with van der Waals surface area (Å²) in [6, 6.07) is 6.11. The van der Waals surface area contributed by atoms with E-state index in [4.69, 9.17) is 0 Å². The van der Waals surface area contributed by atoms with Gasteiger partial charge in [0.05, 0.1) is 18.4 Å². The Bertz CT molecular complexity index is 953. The van der Waals surface area contributed by atoms with Crippen LogP contribution in [0, 0.1) is 0 Å². The molecule has 0 unspecified atom stereocenters. The third kappa shape index (κ3) is 4.70. The highest BCUT2D eigenvalue weighted by Crippen LogP contribution is 2.50. The summed E-state index contributed by atoms with van der Waals surface area (Å²) >= 11 is -0.263. The maximum Gasteiger partial charge on any atom is 0.446 e. The molecule has 2 aliphatic rings. The zero-order valence-electron chi connectivity index (χ0n) is 15.5. The number of hydrogen-bond donors (Lipinski definition) is 1. The van der Waals surface area contributed by atoms with E-state index in [0.29, 0.717) is 18.4 Å². The fourth-order valence-corrected chi connectivity index (χ4v) is 3.82. The van der Waals surface area contributed by atoms with Crippen LogP contribution < -0.4 is 4.90 Å². The molecule has 0 atom stereocenters. The number of aromatic hydroxyl groups is 1. The Balaban J connectivity index is 0.00000160. The Morgan fingerprint density at radius 1 is 1.06 bits per heavy atom. The highest BCUT2D eigenvalue weighted by atomic mass is 32.2. The van der Waals surface area contributed by atoms with E-state index in [0.717, 1.165) is 4.90 Å². The van der Waals surface area contributed by atoms with Gasteiger partial charge in [0.15, 0.2) is 0 Å². The first kappa shape index (κ1) is 26.1. The van der Waals surface area contributed by atoms with Crippen LogP contribution >= 0.6 is 11.8 Å². The Kier molecular flexibility index (Phi) is 7.60. The molecule has 31 heavy (non-hydrogen) atoms. The molecule has 2 heterocycles. The topological polar surface area (TPSA) is 73.7 Å². The first-order valence-corrected chi connectivity index (χ1v) is 9.17. The van der Waals surface area contributed by atoms with Crippen LogP contribution in [0.4, 0.5) is 37.8 Å². The van der Waals surface area contributed by atoms with E-state index in [2.05, 4.69) is 4.98 Å². The number of rotatable bonds is 4. The van der Waals surface area contributed by atoms with Gasteiger partial charge in [-0.15, -0.1) is 0 Å². The van der Waals surface area contributed by atoms with E-state index in [1.54, 1.807) is 6.07 Å². The molecular weight excluding hydrogens is 452 g/mol. The van der Waals surface area contributed by atoms with Crippen LogP contribution in [-0.4, -0.2) is 38.0 Å². The predicted molar refractivity (Wildman–Crippen MR) is 102 cm³/mol. The standard InChI is InChI=1S/C18H14F3N3O3S.3FH/c19-18(20,21)28-13-3-1-12(2-4-13)24-15(26)17(6-7-17)23(16(24)27)10-11-5-8-22-9-14(11)25;;;/h1-5,8-9,25H,6-7,10H2;3*1H. The van der Waals surface area contributed by atoms with Crippen molar-refractivity contribution in [2.75, 3.05) is 4.90 Å². The molecule has 1 aliphatic carbocycles. The molecule has 1 saturated heterocycles. The maximum atomic E-state index is 12.9. The first-order chi connectivity index (χ1) is 13.2. The minimum atomic E-state index is -4.41. The van der Waals surface area contributed by atoms with Gasteiger partial charge in [-0.05, 0) is 54.9 Å². The van der Waals surface area contributed by atoms with Crippen LogP contribution in [0.5, 0.6) is 5.75 Å². The Labute approximate surface area is 176 Å². The van der Waals surface area contributed by atoms with Crippen LogP contribution in [0.1, 0.15) is 18.4 Å². The van der Waals surface area contributed by atoms with Crippen molar-refractivity contribution in [3.63, 3.8) is 0 Å². The van der Waals surface area contributed by atoms with E-state index < -0.39 is 23.0 Å². The molecule has 2 aromatic rings. The summed E-state index contributed by atoms with van der Waals surface area (Å²) in [6.07, 6.45) is 3.74. The van der Waals surface area contributed by atoms with Gasteiger partial charge in [0.2, 0.25) is 0 Å². The van der Waals surface area contributed by atoms with Crippen molar-refractivity contribution in [1.82, 2.24) is 9.88 Å². The molecule has 3 amide bonds. The zero-order valence-corrected chi connectivity index (χ0v) is 16.4. The minimum absolute atomic E-state index is 0. The Hall–Kier alpha value is -2.96. The van der Waals surface area contributed by atoms with Gasteiger partial charge in [0, 0.05) is 16.7 Å². The van der Waals surface area contributed by atoms with E-state index >= 15 is 0 Å². The molecule has 0 radical (unpaired) electrons. The number of halogens is 6. The molecule has 1 spiro atoms. The lowest BCUT2D eigenvalue weighted by Crippen LogP contribution is -2.36. The van der Waals surface area contributed by atoms with E-state index in [9.17, 15) is 27.9 Å². The van der Waals surface area contributed by atoms with Gasteiger partial charge in [0.1, 0.15) is 11.3 Å². The molecule has 6 nitrogen and oxygen atoms in total. The number of nitrogens with zero attached hydrogens (tertiary/aromatic N) is 3. The SMILES string of the molecule is F.F.F.O=C1N(c2ccc(SC(F)(F)F)cc2)C(=O)C2(CC2)N1Cc1ccncc1O. The van der Waals surface area contributed by atoms with Gasteiger partial charge >= 0.3 is 11.5 Å².